The molecule has 3 aromatic rings. The van der Waals surface area contributed by atoms with Gasteiger partial charge in [-0.25, -0.2) is 0 Å². The van der Waals surface area contributed by atoms with Crippen molar-refractivity contribution in [3.8, 4) is 11.1 Å². The van der Waals surface area contributed by atoms with Crippen LogP contribution in [0.2, 0.25) is 0 Å². The normalized spacial score (nSPS) is 19.5. The molecule has 8 heteroatoms. The molecule has 2 aliphatic rings. The first kappa shape index (κ1) is 22.2. The number of aromatic nitrogens is 1. The summed E-state index contributed by atoms with van der Waals surface area (Å²) in [6, 6.07) is 16.2. The summed E-state index contributed by atoms with van der Waals surface area (Å²) in [5, 5.41) is 5.93. The Morgan fingerprint density at radius 3 is 2.53 bits per heavy atom. The van der Waals surface area contributed by atoms with Gasteiger partial charge in [0.1, 0.15) is 6.04 Å². The van der Waals surface area contributed by atoms with Crippen molar-refractivity contribution in [2.75, 3.05) is 18.1 Å². The van der Waals surface area contributed by atoms with Crippen LogP contribution in [-0.2, 0) is 4.79 Å². The summed E-state index contributed by atoms with van der Waals surface area (Å²) >= 11 is 1.68. The zero-order valence-corrected chi connectivity index (χ0v) is 19.5. The molecule has 2 atom stereocenters. The van der Waals surface area contributed by atoms with E-state index in [2.05, 4.69) is 27.8 Å². The van der Waals surface area contributed by atoms with Crippen molar-refractivity contribution < 1.29 is 14.4 Å². The molecule has 3 heterocycles. The van der Waals surface area contributed by atoms with Crippen LogP contribution in [0.15, 0.2) is 71.9 Å². The molecular formula is C26H24N4O3S. The van der Waals surface area contributed by atoms with Crippen LogP contribution in [0.3, 0.4) is 0 Å². The molecule has 3 amide bonds. The minimum Gasteiger partial charge on any atom is -0.349 e. The lowest BCUT2D eigenvalue weighted by Crippen LogP contribution is -2.55. The van der Waals surface area contributed by atoms with Crippen molar-refractivity contribution in [2.45, 2.75) is 29.8 Å². The second kappa shape index (κ2) is 9.30. The maximum atomic E-state index is 13.5. The van der Waals surface area contributed by atoms with E-state index >= 15 is 0 Å². The number of nitrogens with zero attached hydrogens (tertiary/aromatic N) is 2. The fourth-order valence-corrected chi connectivity index (χ4v) is 4.93. The number of rotatable bonds is 4. The molecule has 1 fully saturated rings. The van der Waals surface area contributed by atoms with Crippen LogP contribution in [0, 0.1) is 0 Å². The molecule has 2 N–H and O–H groups in total. The third-order valence-electron chi connectivity index (χ3n) is 6.37. The number of piperidine rings is 1. The minimum absolute atomic E-state index is 0.167. The number of fused-ring (bicyclic) bond motifs is 2. The second-order valence-corrected chi connectivity index (χ2v) is 9.30. The molecule has 1 aromatic heterocycles. The van der Waals surface area contributed by atoms with Gasteiger partial charge in [-0.15, -0.1) is 11.8 Å². The summed E-state index contributed by atoms with van der Waals surface area (Å²) in [4.78, 5) is 45.8. The number of carbonyl (C=O) groups is 3. The van der Waals surface area contributed by atoms with Crippen molar-refractivity contribution in [2.24, 2.45) is 0 Å². The minimum atomic E-state index is -0.638. The summed E-state index contributed by atoms with van der Waals surface area (Å²) in [5.74, 6) is -0.603. The molecule has 34 heavy (non-hydrogen) atoms. The quantitative estimate of drug-likeness (QED) is 0.563. The van der Waals surface area contributed by atoms with E-state index in [1.807, 2.05) is 30.5 Å². The first-order chi connectivity index (χ1) is 16.5. The zero-order chi connectivity index (χ0) is 23.7. The number of thioether (sulfide) groups is 1. The Bertz CT molecular complexity index is 1250. The lowest BCUT2D eigenvalue weighted by Gasteiger charge is -2.37. The van der Waals surface area contributed by atoms with Crippen molar-refractivity contribution in [3.63, 3.8) is 0 Å². The van der Waals surface area contributed by atoms with E-state index in [0.717, 1.165) is 11.1 Å². The van der Waals surface area contributed by atoms with Crippen molar-refractivity contribution >= 4 is 35.2 Å². The summed E-state index contributed by atoms with van der Waals surface area (Å²) in [6.07, 6.45) is 6.11. The lowest BCUT2D eigenvalue weighted by molar-refractivity contribution is -0.121. The Kier molecular flexibility index (Phi) is 6.06. The van der Waals surface area contributed by atoms with Crippen LogP contribution < -0.4 is 10.6 Å². The fourth-order valence-electron chi connectivity index (χ4n) is 4.52. The van der Waals surface area contributed by atoms with E-state index < -0.39 is 6.04 Å². The highest BCUT2D eigenvalue weighted by atomic mass is 32.2. The van der Waals surface area contributed by atoms with Crippen LogP contribution in [0.1, 0.15) is 33.6 Å². The van der Waals surface area contributed by atoms with Gasteiger partial charge in [0.25, 0.3) is 11.8 Å². The number of hydrogen-bond donors (Lipinski definition) is 2. The molecule has 5 rings (SSSR count). The Labute approximate surface area is 202 Å². The Balaban J connectivity index is 1.36. The molecule has 0 unspecified atom stereocenters. The molecule has 0 bridgehead atoms. The number of benzene rings is 2. The summed E-state index contributed by atoms with van der Waals surface area (Å²) in [5.41, 5.74) is 3.46. The van der Waals surface area contributed by atoms with Crippen LogP contribution in [-0.4, -0.2) is 52.5 Å². The third kappa shape index (κ3) is 4.28. The highest BCUT2D eigenvalue weighted by molar-refractivity contribution is 7.98. The Morgan fingerprint density at radius 1 is 1.06 bits per heavy atom. The fraction of sp³-hybridized carbons (Fsp3) is 0.231. The van der Waals surface area contributed by atoms with Gasteiger partial charge in [0.15, 0.2) is 0 Å². The average molecular weight is 473 g/mol. The monoisotopic (exact) mass is 472 g/mol. The van der Waals surface area contributed by atoms with Gasteiger partial charge < -0.3 is 15.5 Å². The standard InChI is InChI=1S/C26H24N4O3S/c1-34-20-5-2-16(3-6-20)18-4-7-22-21(14-18)26(33)30-13-10-19(15-23(30)25(32)29-22)28-24(31)17-8-11-27-12-9-17/h2-9,11-12,14,19,23H,10,13,15H2,1H3,(H,28,31)(H,29,32)/t19-,23-/m0/s1. The van der Waals surface area contributed by atoms with E-state index in [1.165, 1.54) is 4.90 Å². The molecule has 172 valence electrons. The van der Waals surface area contributed by atoms with Crippen LogP contribution in [0.4, 0.5) is 5.69 Å². The predicted octanol–water partition coefficient (Wildman–Crippen LogP) is 3.83. The molecule has 1 saturated heterocycles. The highest BCUT2D eigenvalue weighted by Crippen LogP contribution is 2.32. The predicted molar refractivity (Wildman–Crippen MR) is 132 cm³/mol. The number of amides is 3. The molecule has 0 spiro atoms. The van der Waals surface area contributed by atoms with Gasteiger partial charge in [-0.05, 0) is 66.6 Å². The number of nitrogens with one attached hydrogen (secondary N) is 2. The summed E-state index contributed by atoms with van der Waals surface area (Å²) in [6.45, 7) is 0.393. The number of anilines is 1. The van der Waals surface area contributed by atoms with Gasteiger partial charge in [-0.1, -0.05) is 18.2 Å². The van der Waals surface area contributed by atoms with Gasteiger partial charge in [-0.3, -0.25) is 19.4 Å². The largest absolute Gasteiger partial charge is 0.349 e. The maximum absolute atomic E-state index is 13.5. The van der Waals surface area contributed by atoms with Crippen molar-refractivity contribution in [3.05, 3.63) is 78.1 Å². The van der Waals surface area contributed by atoms with E-state index in [-0.39, 0.29) is 23.8 Å². The van der Waals surface area contributed by atoms with Gasteiger partial charge >= 0.3 is 0 Å². The molecular weight excluding hydrogens is 448 g/mol. The lowest BCUT2D eigenvalue weighted by atomic mass is 9.95. The summed E-state index contributed by atoms with van der Waals surface area (Å²) in [7, 11) is 0. The maximum Gasteiger partial charge on any atom is 0.256 e. The number of pyridine rings is 1. The topological polar surface area (TPSA) is 91.4 Å². The van der Waals surface area contributed by atoms with Crippen molar-refractivity contribution in [1.29, 1.82) is 0 Å². The molecule has 0 saturated carbocycles. The molecule has 0 aliphatic carbocycles. The Hall–Kier alpha value is -3.65. The van der Waals surface area contributed by atoms with Gasteiger partial charge in [0, 0.05) is 35.4 Å². The number of carbonyl (C=O) groups excluding carboxylic acids is 3. The molecule has 2 aromatic carbocycles. The second-order valence-electron chi connectivity index (χ2n) is 8.42. The summed E-state index contributed by atoms with van der Waals surface area (Å²) < 4.78 is 0. The van der Waals surface area contributed by atoms with Crippen molar-refractivity contribution in [1.82, 2.24) is 15.2 Å². The van der Waals surface area contributed by atoms with Gasteiger partial charge in [0.05, 0.1) is 11.3 Å². The van der Waals surface area contributed by atoms with E-state index in [9.17, 15) is 14.4 Å². The van der Waals surface area contributed by atoms with E-state index in [4.69, 9.17) is 0 Å². The smallest absolute Gasteiger partial charge is 0.256 e. The zero-order valence-electron chi connectivity index (χ0n) is 18.7. The van der Waals surface area contributed by atoms with E-state index in [1.54, 1.807) is 47.3 Å². The highest BCUT2D eigenvalue weighted by Gasteiger charge is 2.40. The third-order valence-corrected chi connectivity index (χ3v) is 7.12. The molecule has 0 radical (unpaired) electrons. The molecule has 2 aliphatic heterocycles. The average Bonchev–Trinajstić information content (AvgIpc) is 2.98. The van der Waals surface area contributed by atoms with Crippen LogP contribution in [0.25, 0.3) is 11.1 Å². The first-order valence-electron chi connectivity index (χ1n) is 11.1. The SMILES string of the molecule is CSc1ccc(-c2ccc3c(c2)C(=O)N2CC[C@H](NC(=O)c4ccncc4)C[C@H]2C(=O)N3)cc1. The van der Waals surface area contributed by atoms with Crippen LogP contribution in [0.5, 0.6) is 0 Å². The number of hydrogen-bond acceptors (Lipinski definition) is 5. The Morgan fingerprint density at radius 2 is 1.79 bits per heavy atom. The van der Waals surface area contributed by atoms with E-state index in [0.29, 0.717) is 36.2 Å². The van der Waals surface area contributed by atoms with Gasteiger partial charge in [0.2, 0.25) is 5.91 Å². The molecule has 7 nitrogen and oxygen atoms in total. The van der Waals surface area contributed by atoms with Crippen LogP contribution >= 0.6 is 11.8 Å². The first-order valence-corrected chi connectivity index (χ1v) is 12.4. The van der Waals surface area contributed by atoms with Gasteiger partial charge in [-0.2, -0.15) is 0 Å².